The zero-order valence-electron chi connectivity index (χ0n) is 15.4. The van der Waals surface area contributed by atoms with Crippen molar-refractivity contribution in [1.29, 1.82) is 0 Å². The fraction of sp³-hybridized carbons (Fsp3) is 0. The molecule has 0 rings (SSSR count). The molecule has 0 saturated heterocycles. The van der Waals surface area contributed by atoms with Gasteiger partial charge in [-0.15, -0.1) is 0 Å². The third kappa shape index (κ3) is 17.8. The third-order valence-corrected chi connectivity index (χ3v) is 18.8. The SMILES string of the molecule is O=S(=O)(O)OS(=O)(=O)[O][Ge]([O]S(=O)(=O)OS(=O)(=O)O)([O]S(=O)(=O)OS(=O)(=O)O)[O]S(=O)(=O)OS(=O)(=O)O. The van der Waals surface area contributed by atoms with Gasteiger partial charge in [0.15, 0.2) is 0 Å². The summed E-state index contributed by atoms with van der Waals surface area (Å²) in [5.74, 6) is 0. The predicted octanol–water partition coefficient (Wildman–Crippen LogP) is -6.25. The van der Waals surface area contributed by atoms with Crippen LogP contribution in [0.25, 0.3) is 0 Å². The van der Waals surface area contributed by atoms with Gasteiger partial charge in [-0.2, -0.15) is 0 Å². The van der Waals surface area contributed by atoms with Crippen molar-refractivity contribution in [3.63, 3.8) is 0 Å². The van der Waals surface area contributed by atoms with E-state index in [2.05, 4.69) is 27.4 Å². The van der Waals surface area contributed by atoms with E-state index in [1.165, 1.54) is 0 Å². The fourth-order valence-corrected chi connectivity index (χ4v) is 18.1. The first-order valence-electron chi connectivity index (χ1n) is 6.21. The van der Waals surface area contributed by atoms with E-state index in [9.17, 15) is 67.3 Å². The molecule has 37 heavy (non-hydrogen) atoms. The molecule has 0 radical (unpaired) electrons. The molecule has 0 spiro atoms. The van der Waals surface area contributed by atoms with Gasteiger partial charge in [0.2, 0.25) is 0 Å². The monoisotopic (exact) mass is 782 g/mol. The Hall–Kier alpha value is -0.337. The minimum absolute atomic E-state index is 2.70. The molecule has 0 aromatic carbocycles. The van der Waals surface area contributed by atoms with Crippen LogP contribution in [0, 0.1) is 0 Å². The van der Waals surface area contributed by atoms with Gasteiger partial charge in [0.05, 0.1) is 0 Å². The second kappa shape index (κ2) is 11.3. The summed E-state index contributed by atoms with van der Waals surface area (Å²) < 4.78 is 234. The normalized spacial score (nSPS) is 15.5. The van der Waals surface area contributed by atoms with E-state index in [-0.39, 0.29) is 0 Å². The summed E-state index contributed by atoms with van der Waals surface area (Å²) in [6.45, 7) is 0. The second-order valence-corrected chi connectivity index (χ2v) is 20.3. The van der Waals surface area contributed by atoms with Crippen LogP contribution >= 0.6 is 0 Å². The molecule has 0 atom stereocenters. The molecule has 37 heteroatoms. The van der Waals surface area contributed by atoms with Crippen molar-refractivity contribution in [1.82, 2.24) is 0 Å². The van der Waals surface area contributed by atoms with E-state index in [0.29, 0.717) is 0 Å². The molecule has 0 aliphatic rings. The van der Waals surface area contributed by atoms with E-state index in [1.54, 1.807) is 0 Å². The summed E-state index contributed by atoms with van der Waals surface area (Å²) in [4.78, 5) is 0. The van der Waals surface area contributed by atoms with Crippen LogP contribution in [0.3, 0.4) is 0 Å². The molecule has 224 valence electrons. The zero-order chi connectivity index (χ0) is 30.2. The Kier molecular flexibility index (Phi) is 11.2. The van der Waals surface area contributed by atoms with E-state index in [1.807, 2.05) is 0 Å². The predicted molar refractivity (Wildman–Crippen MR) is 96.3 cm³/mol. The molecule has 0 heterocycles. The Morgan fingerprint density at radius 3 is 0.568 bits per heavy atom. The maximum atomic E-state index is 11.6. The topological polar surface area (TPSA) is 428 Å². The van der Waals surface area contributed by atoms with E-state index in [4.69, 9.17) is 18.2 Å². The van der Waals surface area contributed by atoms with Gasteiger partial charge in [-0.05, 0) is 0 Å². The molecule has 0 fully saturated rings. The van der Waals surface area contributed by atoms with Crippen LogP contribution in [0.5, 0.6) is 0 Å². The summed E-state index contributed by atoms with van der Waals surface area (Å²) in [5, 5.41) is 0. The summed E-state index contributed by atoms with van der Waals surface area (Å²) in [5.41, 5.74) is 0. The molecular weight excluding hydrogens is 777 g/mol. The molecule has 0 amide bonds. The van der Waals surface area contributed by atoms with Gasteiger partial charge in [-0.3, -0.25) is 0 Å². The van der Waals surface area contributed by atoms with E-state index >= 15 is 0 Å². The Morgan fingerprint density at radius 2 is 0.459 bits per heavy atom. The zero-order valence-corrected chi connectivity index (χ0v) is 24.0. The molecule has 0 aliphatic heterocycles. The Bertz CT molecular complexity index is 1450. The van der Waals surface area contributed by atoms with Crippen molar-refractivity contribution in [2.75, 3.05) is 0 Å². The van der Waals surface area contributed by atoms with Crippen LogP contribution in [0.15, 0.2) is 0 Å². The average Bonchev–Trinajstić information content (AvgIpc) is 2.29. The van der Waals surface area contributed by atoms with Gasteiger partial charge in [0, 0.05) is 0 Å². The van der Waals surface area contributed by atoms with Crippen molar-refractivity contribution in [2.45, 2.75) is 0 Å². The number of hydrogen-bond acceptors (Lipinski definition) is 24. The van der Waals surface area contributed by atoms with Crippen molar-refractivity contribution < 1.29 is 113 Å². The second-order valence-electron chi connectivity index (χ2n) is 4.45. The van der Waals surface area contributed by atoms with Crippen LogP contribution < -0.4 is 0 Å². The summed E-state index contributed by atoms with van der Waals surface area (Å²) >= 11 is -8.81. The molecular formula is H4GeO28S8. The van der Waals surface area contributed by atoms with Crippen LogP contribution in [0.2, 0.25) is 0 Å². The standard InChI is InChI=1S/GeH4O28S8/c2-30(3,4)26-34(14,15)22-1(23-35(16,17)27-31(5,6)7,24-36(18,19)28-32(8,9)10)25-37(20,21)29-33(11,12)13/h(H,2,3,4)(H,5,6,7)(H,8,9,10)(H,11,12,13). The Morgan fingerprint density at radius 1 is 0.324 bits per heavy atom. The van der Waals surface area contributed by atoms with Crippen molar-refractivity contribution in [2.24, 2.45) is 0 Å². The Balaban J connectivity index is 7.41. The van der Waals surface area contributed by atoms with Crippen molar-refractivity contribution >= 4 is 97.8 Å². The minimum atomic E-state index is -8.81. The first kappa shape index (κ1) is 36.7. The van der Waals surface area contributed by atoms with Crippen molar-refractivity contribution in [3.05, 3.63) is 0 Å². The molecule has 0 unspecified atom stereocenters. The Labute approximate surface area is 209 Å². The first-order valence-corrected chi connectivity index (χ1v) is 20.4. The number of hydrogen-bond donors (Lipinski definition) is 4. The van der Waals surface area contributed by atoms with Gasteiger partial charge in [-0.1, -0.05) is 0 Å². The van der Waals surface area contributed by atoms with Crippen LogP contribution in [0.1, 0.15) is 0 Å². The van der Waals surface area contributed by atoms with Crippen LogP contribution in [-0.2, 0) is 111 Å². The quantitative estimate of drug-likeness (QED) is 0.0835. The molecule has 4 N–H and O–H groups in total. The van der Waals surface area contributed by atoms with E-state index < -0.39 is 97.8 Å². The fourth-order valence-electron chi connectivity index (χ4n) is 1.06. The molecule has 0 bridgehead atoms. The average molecular weight is 781 g/mol. The molecule has 0 aromatic heterocycles. The van der Waals surface area contributed by atoms with Crippen LogP contribution in [0.4, 0.5) is 0 Å². The number of rotatable bonds is 16. The van der Waals surface area contributed by atoms with Gasteiger partial charge >= 0.3 is 211 Å². The van der Waals surface area contributed by atoms with Gasteiger partial charge < -0.3 is 0 Å². The van der Waals surface area contributed by atoms with Gasteiger partial charge in [0.25, 0.3) is 0 Å². The molecule has 0 aromatic rings. The van der Waals surface area contributed by atoms with Gasteiger partial charge in [0.1, 0.15) is 0 Å². The molecule has 0 saturated carbocycles. The van der Waals surface area contributed by atoms with Crippen LogP contribution in [-0.4, -0.2) is 100 Å². The van der Waals surface area contributed by atoms with E-state index in [0.717, 1.165) is 0 Å². The summed E-state index contributed by atoms with van der Waals surface area (Å²) in [7, 11) is -53.4. The first-order chi connectivity index (χ1) is 15.7. The molecule has 28 nitrogen and oxygen atoms in total. The summed E-state index contributed by atoms with van der Waals surface area (Å²) in [6.07, 6.45) is 0. The van der Waals surface area contributed by atoms with Crippen molar-refractivity contribution in [3.8, 4) is 0 Å². The third-order valence-electron chi connectivity index (χ3n) is 1.49. The van der Waals surface area contributed by atoms with Gasteiger partial charge in [-0.25, -0.2) is 0 Å². The summed E-state index contributed by atoms with van der Waals surface area (Å²) in [6, 6.07) is 0. The molecule has 0 aliphatic carbocycles. The maximum absolute atomic E-state index is 11.6.